The highest BCUT2D eigenvalue weighted by Crippen LogP contribution is 2.33. The van der Waals surface area contributed by atoms with Gasteiger partial charge in [-0.25, -0.2) is 13.1 Å². The van der Waals surface area contributed by atoms with Gasteiger partial charge in [0.1, 0.15) is 4.90 Å². The molecule has 0 atom stereocenters. The van der Waals surface area contributed by atoms with Gasteiger partial charge in [-0.2, -0.15) is 13.2 Å². The van der Waals surface area contributed by atoms with E-state index in [1.807, 2.05) is 4.72 Å². The molecule has 0 amide bonds. The largest absolute Gasteiger partial charge is 0.416 e. The molecule has 0 fully saturated rings. The van der Waals surface area contributed by atoms with E-state index in [1.165, 1.54) is 0 Å². The first-order chi connectivity index (χ1) is 8.54. The lowest BCUT2D eigenvalue weighted by Gasteiger charge is -2.11. The Hall–Kier alpha value is -0.760. The maximum Gasteiger partial charge on any atom is 0.416 e. The van der Waals surface area contributed by atoms with Crippen LogP contribution in [0.4, 0.5) is 13.2 Å². The Labute approximate surface area is 118 Å². The number of hydrogen-bond acceptors (Lipinski definition) is 2. The van der Waals surface area contributed by atoms with Crippen LogP contribution in [-0.2, 0) is 16.2 Å². The number of alkyl halides is 3. The van der Waals surface area contributed by atoms with Gasteiger partial charge in [0.2, 0.25) is 10.0 Å². The summed E-state index contributed by atoms with van der Waals surface area (Å²) in [5.41, 5.74) is -1.11. The Morgan fingerprint density at radius 2 is 1.95 bits per heavy atom. The van der Waals surface area contributed by atoms with Crippen LogP contribution in [0.3, 0.4) is 0 Å². The lowest BCUT2D eigenvalue weighted by molar-refractivity contribution is -0.137. The van der Waals surface area contributed by atoms with Crippen LogP contribution in [-0.4, -0.2) is 15.0 Å². The maximum absolute atomic E-state index is 12.5. The molecule has 0 heterocycles. The van der Waals surface area contributed by atoms with Gasteiger partial charge in [-0.15, -0.1) is 0 Å². The maximum atomic E-state index is 12.5. The second-order valence-electron chi connectivity index (χ2n) is 3.48. The minimum Gasteiger partial charge on any atom is -0.207 e. The third-order valence-electron chi connectivity index (χ3n) is 2.00. The average molecular weight is 334 g/mol. The van der Waals surface area contributed by atoms with Crippen molar-refractivity contribution in [3.05, 3.63) is 40.4 Å². The van der Waals surface area contributed by atoms with E-state index in [2.05, 4.69) is 6.58 Å². The summed E-state index contributed by atoms with van der Waals surface area (Å²) in [6, 6.07) is 2.03. The van der Waals surface area contributed by atoms with Gasteiger partial charge in [-0.1, -0.05) is 29.8 Å². The second kappa shape index (κ2) is 5.70. The van der Waals surface area contributed by atoms with Crippen molar-refractivity contribution in [1.82, 2.24) is 4.72 Å². The van der Waals surface area contributed by atoms with E-state index < -0.39 is 26.7 Å². The molecule has 3 nitrogen and oxygen atoms in total. The Morgan fingerprint density at radius 3 is 2.42 bits per heavy atom. The Balaban J connectivity index is 3.22. The van der Waals surface area contributed by atoms with E-state index in [0.29, 0.717) is 12.1 Å². The van der Waals surface area contributed by atoms with Crippen molar-refractivity contribution in [2.45, 2.75) is 11.1 Å². The zero-order valence-electron chi connectivity index (χ0n) is 9.26. The Morgan fingerprint density at radius 1 is 1.37 bits per heavy atom. The summed E-state index contributed by atoms with van der Waals surface area (Å²) in [4.78, 5) is -0.665. The first-order valence-electron chi connectivity index (χ1n) is 4.74. The molecule has 0 spiro atoms. The summed E-state index contributed by atoms with van der Waals surface area (Å²) >= 11 is 11.0. The number of sulfonamides is 1. The van der Waals surface area contributed by atoms with Gasteiger partial charge in [0.25, 0.3) is 0 Å². The van der Waals surface area contributed by atoms with E-state index in [1.54, 1.807) is 0 Å². The molecule has 1 aromatic carbocycles. The van der Waals surface area contributed by atoms with Gasteiger partial charge in [-0.05, 0) is 18.2 Å². The van der Waals surface area contributed by atoms with Gasteiger partial charge in [0.05, 0.1) is 10.6 Å². The van der Waals surface area contributed by atoms with Crippen LogP contribution in [0.25, 0.3) is 0 Å². The van der Waals surface area contributed by atoms with Crippen molar-refractivity contribution in [3.8, 4) is 0 Å². The molecule has 0 aliphatic carbocycles. The van der Waals surface area contributed by atoms with Gasteiger partial charge < -0.3 is 0 Å². The molecule has 1 rings (SSSR count). The molecule has 0 radical (unpaired) electrons. The molecule has 0 aromatic heterocycles. The van der Waals surface area contributed by atoms with E-state index in [9.17, 15) is 21.6 Å². The monoisotopic (exact) mass is 333 g/mol. The minimum absolute atomic E-state index is 0.00771. The predicted molar refractivity (Wildman–Crippen MR) is 66.6 cm³/mol. The smallest absolute Gasteiger partial charge is 0.207 e. The highest BCUT2D eigenvalue weighted by Gasteiger charge is 2.32. The fourth-order valence-corrected chi connectivity index (χ4v) is 2.83. The van der Waals surface area contributed by atoms with Gasteiger partial charge in [0.15, 0.2) is 0 Å². The molecule has 0 aliphatic rings. The average Bonchev–Trinajstić information content (AvgIpc) is 2.25. The van der Waals surface area contributed by atoms with Crippen LogP contribution in [0.2, 0.25) is 5.02 Å². The standard InChI is InChI=1S/C10H8Cl2F3NO2S/c1-6(11)5-16-19(17,18)9-4-7(10(13,14)15)2-3-8(9)12/h2-4,16H,1,5H2. The first-order valence-corrected chi connectivity index (χ1v) is 6.97. The zero-order chi connectivity index (χ0) is 14.8. The molecule has 0 saturated heterocycles. The molecule has 1 N–H and O–H groups in total. The zero-order valence-corrected chi connectivity index (χ0v) is 11.6. The SMILES string of the molecule is C=C(Cl)CNS(=O)(=O)c1cc(C(F)(F)F)ccc1Cl. The van der Waals surface area contributed by atoms with E-state index in [0.717, 1.165) is 6.07 Å². The second-order valence-corrected chi connectivity index (χ2v) is 6.16. The third-order valence-corrected chi connectivity index (χ3v) is 4.02. The molecule has 1 aromatic rings. The summed E-state index contributed by atoms with van der Waals surface area (Å²) in [5, 5.41) is -0.327. The van der Waals surface area contributed by atoms with Crippen molar-refractivity contribution in [3.63, 3.8) is 0 Å². The predicted octanol–water partition coefficient (Wildman–Crippen LogP) is 3.39. The normalized spacial score (nSPS) is 12.5. The van der Waals surface area contributed by atoms with Crippen LogP contribution in [0, 0.1) is 0 Å². The fraction of sp³-hybridized carbons (Fsp3) is 0.200. The summed E-state index contributed by atoms with van der Waals surface area (Å²) < 4.78 is 63.1. The summed E-state index contributed by atoms with van der Waals surface area (Å²) in [6.45, 7) is 2.95. The Kier molecular flexibility index (Phi) is 4.89. The molecular formula is C10H8Cl2F3NO2S. The topological polar surface area (TPSA) is 46.2 Å². The highest BCUT2D eigenvalue weighted by molar-refractivity contribution is 7.89. The lowest BCUT2D eigenvalue weighted by atomic mass is 10.2. The van der Waals surface area contributed by atoms with Gasteiger partial charge in [-0.3, -0.25) is 0 Å². The van der Waals surface area contributed by atoms with Crippen molar-refractivity contribution in [2.75, 3.05) is 6.54 Å². The van der Waals surface area contributed by atoms with E-state index in [4.69, 9.17) is 23.2 Å². The summed E-state index contributed by atoms with van der Waals surface area (Å²) in [6.07, 6.45) is -4.66. The molecule has 0 saturated carbocycles. The summed E-state index contributed by atoms with van der Waals surface area (Å²) in [7, 11) is -4.20. The Bertz CT molecular complexity index is 599. The third kappa shape index (κ3) is 4.38. The highest BCUT2D eigenvalue weighted by atomic mass is 35.5. The van der Waals surface area contributed by atoms with Crippen LogP contribution >= 0.6 is 23.2 Å². The van der Waals surface area contributed by atoms with Crippen molar-refractivity contribution >= 4 is 33.2 Å². The molecule has 9 heteroatoms. The van der Waals surface area contributed by atoms with Gasteiger partial charge >= 0.3 is 6.18 Å². The summed E-state index contributed by atoms with van der Waals surface area (Å²) in [5.74, 6) is 0. The first kappa shape index (κ1) is 16.3. The van der Waals surface area contributed by atoms with Crippen LogP contribution in [0.15, 0.2) is 34.7 Å². The lowest BCUT2D eigenvalue weighted by Crippen LogP contribution is -2.25. The number of nitrogens with one attached hydrogen (secondary N) is 1. The molecule has 106 valence electrons. The van der Waals surface area contributed by atoms with Crippen molar-refractivity contribution < 1.29 is 21.6 Å². The van der Waals surface area contributed by atoms with Crippen LogP contribution < -0.4 is 4.72 Å². The molecule has 0 aliphatic heterocycles. The number of rotatable bonds is 4. The molecular weight excluding hydrogens is 326 g/mol. The van der Waals surface area contributed by atoms with Crippen molar-refractivity contribution in [1.29, 1.82) is 0 Å². The molecule has 19 heavy (non-hydrogen) atoms. The fourth-order valence-electron chi connectivity index (χ4n) is 1.14. The number of halogens is 5. The molecule has 0 unspecified atom stereocenters. The quantitative estimate of drug-likeness (QED) is 0.917. The number of benzene rings is 1. The van der Waals surface area contributed by atoms with E-state index in [-0.39, 0.29) is 16.6 Å². The van der Waals surface area contributed by atoms with Crippen LogP contribution in [0.5, 0.6) is 0 Å². The minimum atomic E-state index is -4.66. The van der Waals surface area contributed by atoms with Gasteiger partial charge in [0, 0.05) is 11.6 Å². The van der Waals surface area contributed by atoms with Crippen LogP contribution in [0.1, 0.15) is 5.56 Å². The molecule has 0 bridgehead atoms. The van der Waals surface area contributed by atoms with E-state index >= 15 is 0 Å². The number of hydrogen-bond donors (Lipinski definition) is 1. The van der Waals surface area contributed by atoms with Crippen molar-refractivity contribution in [2.24, 2.45) is 0 Å².